The van der Waals surface area contributed by atoms with Crippen LogP contribution in [0.2, 0.25) is 5.02 Å². The van der Waals surface area contributed by atoms with Gasteiger partial charge in [0, 0.05) is 48.8 Å². The Morgan fingerprint density at radius 1 is 1.19 bits per heavy atom. The Morgan fingerprint density at radius 2 is 1.86 bits per heavy atom. The predicted octanol–water partition coefficient (Wildman–Crippen LogP) is 1.92. The minimum Gasteiger partial charge on any atom is -0.492 e. The summed E-state index contributed by atoms with van der Waals surface area (Å²) in [6.07, 6.45) is 0.584. The molecule has 1 saturated heterocycles. The zero-order chi connectivity index (χ0) is 26.9. The van der Waals surface area contributed by atoms with Crippen molar-refractivity contribution in [1.82, 2.24) is 10.2 Å². The van der Waals surface area contributed by atoms with Gasteiger partial charge in [0.15, 0.2) is 0 Å². The highest BCUT2D eigenvalue weighted by atomic mass is 35.5. The molecule has 0 aliphatic carbocycles. The number of amides is 2. The Balaban J connectivity index is 1.57. The normalized spacial score (nSPS) is 20.3. The van der Waals surface area contributed by atoms with Gasteiger partial charge in [-0.1, -0.05) is 11.6 Å². The highest BCUT2D eigenvalue weighted by molar-refractivity contribution is 6.35. The lowest BCUT2D eigenvalue weighted by Crippen LogP contribution is -2.69. The molecule has 2 aliphatic rings. The molecule has 0 spiro atoms. The van der Waals surface area contributed by atoms with E-state index >= 15 is 0 Å². The van der Waals surface area contributed by atoms with Gasteiger partial charge in [-0.25, -0.2) is 18.2 Å². The van der Waals surface area contributed by atoms with Crippen LogP contribution in [-0.2, 0) is 4.79 Å². The molecular weight excluding hydrogens is 509 g/mol. The third-order valence-corrected chi connectivity index (χ3v) is 6.99. The van der Waals surface area contributed by atoms with Crippen LogP contribution in [0.3, 0.4) is 0 Å². The van der Waals surface area contributed by atoms with Crippen LogP contribution in [0, 0.1) is 23.4 Å². The number of hydrogen-bond acceptors (Lipinski definition) is 4. The van der Waals surface area contributed by atoms with Crippen LogP contribution in [0.1, 0.15) is 35.7 Å². The quantitative estimate of drug-likeness (QED) is 0.492. The number of halogens is 4. The van der Waals surface area contributed by atoms with Crippen molar-refractivity contribution in [2.45, 2.75) is 25.8 Å². The van der Waals surface area contributed by atoms with Gasteiger partial charge in [0.1, 0.15) is 30.2 Å². The van der Waals surface area contributed by atoms with Crippen molar-refractivity contribution in [2.24, 2.45) is 11.7 Å². The first-order chi connectivity index (χ1) is 17.6. The minimum absolute atomic E-state index is 0.0113. The van der Waals surface area contributed by atoms with Crippen LogP contribution >= 0.6 is 11.6 Å². The summed E-state index contributed by atoms with van der Waals surface area (Å²) in [5.74, 6) is -2.84. The molecule has 4 rings (SSSR count). The first-order valence-electron chi connectivity index (χ1n) is 11.8. The van der Waals surface area contributed by atoms with Gasteiger partial charge in [-0.15, -0.1) is 0 Å². The summed E-state index contributed by atoms with van der Waals surface area (Å²) >= 11 is 6.45. The van der Waals surface area contributed by atoms with Gasteiger partial charge in [0.25, 0.3) is 5.91 Å². The zero-order valence-electron chi connectivity index (χ0n) is 20.3. The topological polar surface area (TPSA) is 98.6 Å². The number of carbonyl (C=O) groups is 2. The van der Waals surface area contributed by atoms with Gasteiger partial charge in [0.2, 0.25) is 11.6 Å². The highest BCUT2D eigenvalue weighted by Gasteiger charge is 2.34. The molecule has 1 fully saturated rings. The summed E-state index contributed by atoms with van der Waals surface area (Å²) in [5.41, 5.74) is 8.04. The van der Waals surface area contributed by atoms with E-state index < -0.39 is 29.4 Å². The Bertz CT molecular complexity index is 1290. The maximum Gasteiger partial charge on any atom is 0.256 e. The van der Waals surface area contributed by atoms with Crippen molar-refractivity contribution in [1.29, 1.82) is 0 Å². The second-order valence-electron chi connectivity index (χ2n) is 9.09. The number of carbonyl (C=O) groups excluding carboxylic acids is 2. The molecule has 0 bridgehead atoms. The first-order valence-corrected chi connectivity index (χ1v) is 12.2. The molecule has 2 heterocycles. The van der Waals surface area contributed by atoms with Crippen molar-refractivity contribution in [2.75, 3.05) is 26.7 Å². The van der Waals surface area contributed by atoms with Crippen molar-refractivity contribution in [3.05, 3.63) is 75.2 Å². The van der Waals surface area contributed by atoms with Gasteiger partial charge >= 0.3 is 0 Å². The fraction of sp³-hybridized carbons (Fsp3) is 0.346. The molecule has 2 unspecified atom stereocenters. The van der Waals surface area contributed by atoms with E-state index in [-0.39, 0.29) is 47.7 Å². The predicted molar refractivity (Wildman–Crippen MR) is 132 cm³/mol. The molecule has 2 amide bonds. The van der Waals surface area contributed by atoms with E-state index in [2.05, 4.69) is 10.3 Å². The second kappa shape index (κ2) is 10.8. The molecule has 2 aromatic rings. The lowest BCUT2D eigenvalue weighted by molar-refractivity contribution is -0.418. The smallest absolute Gasteiger partial charge is 0.256 e. The molecular formula is C26H27ClF3N4O3+. The van der Waals surface area contributed by atoms with Crippen LogP contribution < -0.4 is 20.8 Å². The molecule has 0 radical (unpaired) electrons. The van der Waals surface area contributed by atoms with E-state index in [0.717, 1.165) is 18.2 Å². The third-order valence-electron chi connectivity index (χ3n) is 6.60. The molecule has 0 aromatic heterocycles. The first kappa shape index (κ1) is 26.5. The molecule has 37 heavy (non-hydrogen) atoms. The van der Waals surface area contributed by atoms with Gasteiger partial charge in [-0.3, -0.25) is 9.59 Å². The maximum absolute atomic E-state index is 14.5. The summed E-state index contributed by atoms with van der Waals surface area (Å²) in [5, 5.41) is 2.66. The van der Waals surface area contributed by atoms with Gasteiger partial charge in [-0.2, -0.15) is 0 Å². The maximum atomic E-state index is 14.5. The van der Waals surface area contributed by atoms with E-state index in [0.29, 0.717) is 35.5 Å². The summed E-state index contributed by atoms with van der Waals surface area (Å²) in [7, 11) is 1.62. The molecule has 0 saturated carbocycles. The molecule has 2 atom stereocenters. The van der Waals surface area contributed by atoms with Gasteiger partial charge < -0.3 is 20.7 Å². The standard InChI is InChI=1S/C26H26ClF3N4O3/c1-13-24(31)19(25(32-2)15-6-16(28)8-17(29)7-15)3-4-34(13)26(36)20-9-18(30)10-21(23(20)27)37-12-14-5-22(35)33-11-14/h6-10,13-14H,3-5,11-12,31H2,1-2H3,(H,33,35)/p+1. The van der Waals surface area contributed by atoms with E-state index in [1.54, 1.807) is 14.0 Å². The fourth-order valence-corrected chi connectivity index (χ4v) is 4.92. The summed E-state index contributed by atoms with van der Waals surface area (Å²) < 4.78 is 47.8. The molecule has 196 valence electrons. The molecule has 2 aromatic carbocycles. The third kappa shape index (κ3) is 5.58. The van der Waals surface area contributed by atoms with Crippen molar-refractivity contribution >= 4 is 29.1 Å². The zero-order valence-corrected chi connectivity index (χ0v) is 21.1. The number of nitrogens with one attached hydrogen (secondary N) is 2. The average Bonchev–Trinajstić information content (AvgIpc) is 3.26. The van der Waals surface area contributed by atoms with E-state index in [1.807, 2.05) is 0 Å². The monoisotopic (exact) mass is 535 g/mol. The molecule has 11 heteroatoms. The number of rotatable bonds is 6. The molecule has 7 nitrogen and oxygen atoms in total. The number of hydrogen-bond donors (Lipinski definition) is 3. The lowest BCUT2D eigenvalue weighted by Gasteiger charge is -2.35. The van der Waals surface area contributed by atoms with Gasteiger partial charge in [-0.05, 0) is 31.5 Å². The fourth-order valence-electron chi connectivity index (χ4n) is 4.67. The number of nitrogens with two attached hydrogens (primary N) is 1. The molecule has 4 N–H and O–H groups in total. The van der Waals surface area contributed by atoms with E-state index in [1.165, 1.54) is 17.0 Å². The van der Waals surface area contributed by atoms with Crippen LogP contribution in [-0.4, -0.2) is 55.2 Å². The summed E-state index contributed by atoms with van der Waals surface area (Å²) in [6, 6.07) is 4.70. The van der Waals surface area contributed by atoms with Crippen LogP contribution in [0.15, 0.2) is 41.6 Å². The number of benzene rings is 2. The summed E-state index contributed by atoms with van der Waals surface area (Å²) in [6.45, 7) is 2.50. The second-order valence-corrected chi connectivity index (χ2v) is 9.47. The Hall–Kier alpha value is -3.53. The van der Waals surface area contributed by atoms with Crippen molar-refractivity contribution in [3.63, 3.8) is 0 Å². The minimum atomic E-state index is -0.725. The number of ether oxygens (including phenoxy) is 1. The van der Waals surface area contributed by atoms with Crippen LogP contribution in [0.5, 0.6) is 5.75 Å². The average molecular weight is 536 g/mol. The number of nitrogens with zero attached hydrogens (tertiary/aromatic N) is 1. The van der Waals surface area contributed by atoms with E-state index in [4.69, 9.17) is 22.1 Å². The van der Waals surface area contributed by atoms with Crippen LogP contribution in [0.25, 0.3) is 0 Å². The van der Waals surface area contributed by atoms with Crippen molar-refractivity contribution < 1.29 is 32.5 Å². The van der Waals surface area contributed by atoms with Crippen molar-refractivity contribution in [3.8, 4) is 5.75 Å². The van der Waals surface area contributed by atoms with E-state index in [9.17, 15) is 22.8 Å². The van der Waals surface area contributed by atoms with Gasteiger partial charge in [0.05, 0.1) is 28.8 Å². The molecule has 2 aliphatic heterocycles. The Morgan fingerprint density at radius 3 is 2.49 bits per heavy atom. The Kier molecular flexibility index (Phi) is 7.77. The largest absolute Gasteiger partial charge is 0.492 e. The SMILES string of the molecule is C[NH+]=C(C1=C(N)C(C)N(C(=O)c2cc(F)cc(OCC3CNC(=O)C3)c2Cl)CC1)c1cc(F)cc(F)c1. The highest BCUT2D eigenvalue weighted by Crippen LogP contribution is 2.33. The Labute approximate surface area is 217 Å². The lowest BCUT2D eigenvalue weighted by atomic mass is 9.91. The summed E-state index contributed by atoms with van der Waals surface area (Å²) in [4.78, 5) is 29.3. The van der Waals surface area contributed by atoms with Crippen LogP contribution in [0.4, 0.5) is 13.2 Å².